The van der Waals surface area contributed by atoms with Crippen molar-refractivity contribution in [1.82, 2.24) is 10.2 Å². The van der Waals surface area contributed by atoms with Crippen LogP contribution in [0.2, 0.25) is 0 Å². The number of allylic oxidation sites excluding steroid dienone is 1. The number of amides is 2. The Morgan fingerprint density at radius 3 is 2.50 bits per heavy atom. The summed E-state index contributed by atoms with van der Waals surface area (Å²) in [5.41, 5.74) is 0.991. The van der Waals surface area contributed by atoms with E-state index in [1.54, 1.807) is 11.8 Å². The number of piperazine rings is 1. The van der Waals surface area contributed by atoms with E-state index in [2.05, 4.69) is 11.9 Å². The lowest BCUT2D eigenvalue weighted by Gasteiger charge is -2.43. The number of carbonyl (C=O) groups excluding carboxylic acids is 2. The summed E-state index contributed by atoms with van der Waals surface area (Å²) in [6.07, 6.45) is 0.671. The predicted molar refractivity (Wildman–Crippen MR) is 72.0 cm³/mol. The van der Waals surface area contributed by atoms with Crippen molar-refractivity contribution in [2.75, 3.05) is 0 Å². The molecule has 0 aliphatic carbocycles. The third-order valence-electron chi connectivity index (χ3n) is 3.66. The molecule has 1 aliphatic rings. The third-order valence-corrected chi connectivity index (χ3v) is 3.66. The lowest BCUT2D eigenvalue weighted by atomic mass is 9.96. The molecule has 1 rings (SSSR count). The summed E-state index contributed by atoms with van der Waals surface area (Å²) in [7, 11) is 0. The molecule has 1 saturated heterocycles. The molecule has 4 atom stereocenters. The highest BCUT2D eigenvalue weighted by Crippen LogP contribution is 2.21. The van der Waals surface area contributed by atoms with E-state index in [9.17, 15) is 9.59 Å². The predicted octanol–water partition coefficient (Wildman–Crippen LogP) is 1.71. The number of nitrogens with zero attached hydrogens (tertiary/aromatic N) is 1. The number of rotatable bonds is 3. The molecule has 1 N–H and O–H groups in total. The SMILES string of the molecule is C=C(C)CC(C)C(=O)N1C(C)C(=O)NC(C)C1C. The Morgan fingerprint density at radius 1 is 1.44 bits per heavy atom. The van der Waals surface area contributed by atoms with E-state index in [-0.39, 0.29) is 29.8 Å². The van der Waals surface area contributed by atoms with E-state index < -0.39 is 6.04 Å². The van der Waals surface area contributed by atoms with Crippen LogP contribution in [0.3, 0.4) is 0 Å². The van der Waals surface area contributed by atoms with Crippen LogP contribution in [0.15, 0.2) is 12.2 Å². The van der Waals surface area contributed by atoms with Crippen molar-refractivity contribution in [3.8, 4) is 0 Å². The van der Waals surface area contributed by atoms with Crippen molar-refractivity contribution in [3.05, 3.63) is 12.2 Å². The second-order valence-electron chi connectivity index (χ2n) is 5.52. The molecule has 0 saturated carbocycles. The van der Waals surface area contributed by atoms with Crippen molar-refractivity contribution < 1.29 is 9.59 Å². The molecular formula is C14H24N2O2. The van der Waals surface area contributed by atoms with Gasteiger partial charge in [0, 0.05) is 18.0 Å². The summed E-state index contributed by atoms with van der Waals surface area (Å²) in [6, 6.07) is -0.372. The van der Waals surface area contributed by atoms with Gasteiger partial charge in [-0.25, -0.2) is 0 Å². The van der Waals surface area contributed by atoms with Crippen LogP contribution in [0.4, 0.5) is 0 Å². The number of hydrogen-bond donors (Lipinski definition) is 1. The van der Waals surface area contributed by atoms with Crippen molar-refractivity contribution >= 4 is 11.8 Å². The maximum Gasteiger partial charge on any atom is 0.242 e. The first-order valence-electron chi connectivity index (χ1n) is 6.52. The van der Waals surface area contributed by atoms with E-state index in [0.717, 1.165) is 5.57 Å². The van der Waals surface area contributed by atoms with Gasteiger partial charge >= 0.3 is 0 Å². The lowest BCUT2D eigenvalue weighted by Crippen LogP contribution is -2.64. The Balaban J connectivity index is 2.87. The van der Waals surface area contributed by atoms with Gasteiger partial charge < -0.3 is 10.2 Å². The van der Waals surface area contributed by atoms with Crippen LogP contribution in [-0.2, 0) is 9.59 Å². The molecule has 2 amide bonds. The van der Waals surface area contributed by atoms with Crippen molar-refractivity contribution in [2.24, 2.45) is 5.92 Å². The highest BCUT2D eigenvalue weighted by molar-refractivity contribution is 5.90. The van der Waals surface area contributed by atoms with Crippen LogP contribution in [0, 0.1) is 5.92 Å². The lowest BCUT2D eigenvalue weighted by molar-refractivity contribution is -0.150. The van der Waals surface area contributed by atoms with Crippen LogP contribution in [0.1, 0.15) is 41.0 Å². The second kappa shape index (κ2) is 5.55. The minimum atomic E-state index is -0.392. The van der Waals surface area contributed by atoms with Gasteiger partial charge in [-0.3, -0.25) is 9.59 Å². The quantitative estimate of drug-likeness (QED) is 0.777. The van der Waals surface area contributed by atoms with Gasteiger partial charge in [-0.1, -0.05) is 12.5 Å². The molecule has 0 aromatic heterocycles. The molecule has 0 aromatic rings. The summed E-state index contributed by atoms with van der Waals surface area (Å²) in [5, 5.41) is 2.89. The molecule has 1 fully saturated rings. The van der Waals surface area contributed by atoms with Crippen LogP contribution in [-0.4, -0.2) is 34.8 Å². The molecule has 4 unspecified atom stereocenters. The standard InChI is InChI=1S/C14H24N2O2/c1-8(2)7-9(3)14(18)16-11(5)10(4)15-13(17)12(16)6/h9-12H,1,7H2,2-6H3,(H,15,17). The van der Waals surface area contributed by atoms with E-state index in [0.29, 0.717) is 6.42 Å². The Labute approximate surface area is 109 Å². The topological polar surface area (TPSA) is 49.4 Å². The Kier molecular flexibility index (Phi) is 4.54. The summed E-state index contributed by atoms with van der Waals surface area (Å²) >= 11 is 0. The summed E-state index contributed by atoms with van der Waals surface area (Å²) < 4.78 is 0. The van der Waals surface area contributed by atoms with Gasteiger partial charge in [-0.05, 0) is 34.1 Å². The number of nitrogens with one attached hydrogen (secondary N) is 1. The highest BCUT2D eigenvalue weighted by atomic mass is 16.2. The molecule has 0 bridgehead atoms. The Bertz CT molecular complexity index is 365. The Morgan fingerprint density at radius 2 is 2.00 bits per heavy atom. The molecule has 0 radical (unpaired) electrons. The first kappa shape index (κ1) is 14.7. The van der Waals surface area contributed by atoms with Gasteiger partial charge in [0.2, 0.25) is 11.8 Å². The zero-order valence-electron chi connectivity index (χ0n) is 12.0. The fraction of sp³-hybridized carbons (Fsp3) is 0.714. The maximum absolute atomic E-state index is 12.5. The first-order chi connectivity index (χ1) is 8.25. The minimum absolute atomic E-state index is 0.00493. The van der Waals surface area contributed by atoms with Crippen molar-refractivity contribution in [3.63, 3.8) is 0 Å². The van der Waals surface area contributed by atoms with Gasteiger partial charge in [-0.2, -0.15) is 0 Å². The van der Waals surface area contributed by atoms with Gasteiger partial charge in [0.25, 0.3) is 0 Å². The molecule has 4 nitrogen and oxygen atoms in total. The Hall–Kier alpha value is -1.32. The molecule has 1 aliphatic heterocycles. The third kappa shape index (κ3) is 2.92. The van der Waals surface area contributed by atoms with Crippen LogP contribution in [0.25, 0.3) is 0 Å². The fourth-order valence-electron chi connectivity index (χ4n) is 2.44. The number of hydrogen-bond acceptors (Lipinski definition) is 2. The van der Waals surface area contributed by atoms with Gasteiger partial charge in [0.15, 0.2) is 0 Å². The van der Waals surface area contributed by atoms with Gasteiger partial charge in [-0.15, -0.1) is 6.58 Å². The fourth-order valence-corrected chi connectivity index (χ4v) is 2.44. The molecular weight excluding hydrogens is 228 g/mol. The largest absolute Gasteiger partial charge is 0.350 e. The van der Waals surface area contributed by atoms with Gasteiger partial charge in [0.1, 0.15) is 6.04 Å². The molecule has 18 heavy (non-hydrogen) atoms. The minimum Gasteiger partial charge on any atom is -0.350 e. The maximum atomic E-state index is 12.5. The summed E-state index contributed by atoms with van der Waals surface area (Å²) in [5.74, 6) is -0.151. The van der Waals surface area contributed by atoms with Crippen LogP contribution < -0.4 is 5.32 Å². The monoisotopic (exact) mass is 252 g/mol. The van der Waals surface area contributed by atoms with Crippen molar-refractivity contribution in [1.29, 1.82) is 0 Å². The van der Waals surface area contributed by atoms with Crippen LogP contribution >= 0.6 is 0 Å². The van der Waals surface area contributed by atoms with E-state index in [1.807, 2.05) is 27.7 Å². The average molecular weight is 252 g/mol. The van der Waals surface area contributed by atoms with E-state index >= 15 is 0 Å². The first-order valence-corrected chi connectivity index (χ1v) is 6.52. The average Bonchev–Trinajstić information content (AvgIpc) is 2.25. The molecule has 102 valence electrons. The zero-order valence-corrected chi connectivity index (χ0v) is 12.0. The molecule has 0 spiro atoms. The smallest absolute Gasteiger partial charge is 0.242 e. The zero-order chi connectivity index (χ0) is 14.0. The van der Waals surface area contributed by atoms with Crippen molar-refractivity contribution in [2.45, 2.75) is 59.2 Å². The molecule has 4 heteroatoms. The molecule has 0 aromatic carbocycles. The normalized spacial score (nSPS) is 29.7. The second-order valence-corrected chi connectivity index (χ2v) is 5.52. The highest BCUT2D eigenvalue weighted by Gasteiger charge is 2.39. The van der Waals surface area contributed by atoms with E-state index in [1.165, 1.54) is 0 Å². The van der Waals surface area contributed by atoms with Crippen LogP contribution in [0.5, 0.6) is 0 Å². The summed E-state index contributed by atoms with van der Waals surface area (Å²) in [6.45, 7) is 13.3. The summed E-state index contributed by atoms with van der Waals surface area (Å²) in [4.78, 5) is 26.0. The number of carbonyl (C=O) groups is 2. The van der Waals surface area contributed by atoms with E-state index in [4.69, 9.17) is 0 Å². The molecule has 1 heterocycles. The van der Waals surface area contributed by atoms with Gasteiger partial charge in [0.05, 0.1) is 0 Å².